The first-order valence-electron chi connectivity index (χ1n) is 6.73. The van der Waals surface area contributed by atoms with Crippen LogP contribution in [0.5, 0.6) is 0 Å². The number of ether oxygens (including phenoxy) is 1. The van der Waals surface area contributed by atoms with Crippen LogP contribution in [0.4, 0.5) is 0 Å². The van der Waals surface area contributed by atoms with Crippen LogP contribution in [-0.2, 0) is 16.0 Å². The third-order valence-electron chi connectivity index (χ3n) is 4.08. The SMILES string of the molecule is CC1(OCC(=O)O)CN(C2CCCc3occc32)C1. The van der Waals surface area contributed by atoms with E-state index in [9.17, 15) is 4.79 Å². The topological polar surface area (TPSA) is 62.9 Å². The molecule has 2 aliphatic rings. The summed E-state index contributed by atoms with van der Waals surface area (Å²) < 4.78 is 11.0. The lowest BCUT2D eigenvalue weighted by molar-refractivity contribution is -0.170. The van der Waals surface area contributed by atoms with E-state index in [1.165, 1.54) is 5.56 Å². The molecule has 1 unspecified atom stereocenters. The molecule has 1 aromatic rings. The van der Waals surface area contributed by atoms with Gasteiger partial charge in [0.1, 0.15) is 12.4 Å². The van der Waals surface area contributed by atoms with Crippen LogP contribution >= 0.6 is 0 Å². The molecule has 5 nitrogen and oxygen atoms in total. The molecule has 0 bridgehead atoms. The quantitative estimate of drug-likeness (QED) is 0.900. The van der Waals surface area contributed by atoms with Crippen LogP contribution in [0.15, 0.2) is 16.7 Å². The van der Waals surface area contributed by atoms with Crippen LogP contribution in [0.1, 0.15) is 37.1 Å². The third kappa shape index (κ3) is 2.40. The monoisotopic (exact) mass is 265 g/mol. The summed E-state index contributed by atoms with van der Waals surface area (Å²) in [4.78, 5) is 12.9. The van der Waals surface area contributed by atoms with Gasteiger partial charge in [0.15, 0.2) is 0 Å². The molecule has 1 aliphatic carbocycles. The van der Waals surface area contributed by atoms with E-state index in [-0.39, 0.29) is 12.2 Å². The molecular weight excluding hydrogens is 246 g/mol. The number of nitrogens with zero attached hydrogens (tertiary/aromatic N) is 1. The Morgan fingerprint density at radius 2 is 2.42 bits per heavy atom. The van der Waals surface area contributed by atoms with Gasteiger partial charge in [-0.2, -0.15) is 0 Å². The second-order valence-corrected chi connectivity index (χ2v) is 5.74. The molecule has 0 aromatic carbocycles. The standard InChI is InChI=1S/C14H19NO4/c1-14(19-7-13(16)17)8-15(9-14)11-3-2-4-12-10(11)5-6-18-12/h5-6,11H,2-4,7-9H2,1H3,(H,16,17). The van der Waals surface area contributed by atoms with Gasteiger partial charge in [-0.05, 0) is 25.8 Å². The van der Waals surface area contributed by atoms with Crippen molar-refractivity contribution in [3.8, 4) is 0 Å². The zero-order valence-electron chi connectivity index (χ0n) is 11.1. The van der Waals surface area contributed by atoms with Gasteiger partial charge in [0.2, 0.25) is 0 Å². The highest BCUT2D eigenvalue weighted by atomic mass is 16.5. The van der Waals surface area contributed by atoms with Crippen LogP contribution in [-0.4, -0.2) is 41.3 Å². The summed E-state index contributed by atoms with van der Waals surface area (Å²) >= 11 is 0. The Bertz CT molecular complexity index is 476. The molecule has 2 heterocycles. The van der Waals surface area contributed by atoms with Gasteiger partial charge in [0, 0.05) is 31.1 Å². The van der Waals surface area contributed by atoms with Crippen molar-refractivity contribution in [2.45, 2.75) is 37.8 Å². The van der Waals surface area contributed by atoms with Gasteiger partial charge < -0.3 is 14.3 Å². The van der Waals surface area contributed by atoms with Gasteiger partial charge in [0.25, 0.3) is 0 Å². The van der Waals surface area contributed by atoms with Crippen molar-refractivity contribution in [3.63, 3.8) is 0 Å². The lowest BCUT2D eigenvalue weighted by atomic mass is 9.86. The zero-order chi connectivity index (χ0) is 13.5. The molecule has 0 saturated carbocycles. The summed E-state index contributed by atoms with van der Waals surface area (Å²) in [6.07, 6.45) is 5.08. The highest BCUT2D eigenvalue weighted by Gasteiger charge is 2.44. The van der Waals surface area contributed by atoms with Gasteiger partial charge in [-0.15, -0.1) is 0 Å². The largest absolute Gasteiger partial charge is 0.480 e. The van der Waals surface area contributed by atoms with Gasteiger partial charge in [-0.25, -0.2) is 4.79 Å². The Balaban J connectivity index is 1.61. The Morgan fingerprint density at radius 3 is 3.16 bits per heavy atom. The van der Waals surface area contributed by atoms with E-state index in [0.717, 1.165) is 38.1 Å². The number of carbonyl (C=O) groups is 1. The molecule has 1 atom stereocenters. The highest BCUT2D eigenvalue weighted by molar-refractivity contribution is 5.68. The van der Waals surface area contributed by atoms with E-state index in [2.05, 4.69) is 11.0 Å². The maximum Gasteiger partial charge on any atom is 0.329 e. The first-order valence-corrected chi connectivity index (χ1v) is 6.73. The summed E-state index contributed by atoms with van der Waals surface area (Å²) in [5.74, 6) is 0.200. The van der Waals surface area contributed by atoms with E-state index in [4.69, 9.17) is 14.3 Å². The summed E-state index contributed by atoms with van der Waals surface area (Å²) in [5, 5.41) is 8.66. The van der Waals surface area contributed by atoms with Gasteiger partial charge in [0.05, 0.1) is 11.9 Å². The summed E-state index contributed by atoms with van der Waals surface area (Å²) in [7, 11) is 0. The molecule has 104 valence electrons. The number of carboxylic acids is 1. The van der Waals surface area contributed by atoms with Crippen molar-refractivity contribution in [1.29, 1.82) is 0 Å². The Morgan fingerprint density at radius 1 is 1.63 bits per heavy atom. The fourth-order valence-electron chi connectivity index (χ4n) is 3.20. The van der Waals surface area contributed by atoms with Crippen molar-refractivity contribution < 1.29 is 19.1 Å². The summed E-state index contributed by atoms with van der Waals surface area (Å²) in [6, 6.07) is 2.47. The van der Waals surface area contributed by atoms with Crippen molar-refractivity contribution in [2.75, 3.05) is 19.7 Å². The van der Waals surface area contributed by atoms with Crippen molar-refractivity contribution in [2.24, 2.45) is 0 Å². The average Bonchev–Trinajstić information content (AvgIpc) is 2.81. The molecule has 1 N–H and O–H groups in total. The minimum Gasteiger partial charge on any atom is -0.480 e. The number of carboxylic acid groups (broad SMARTS) is 1. The number of likely N-dealkylation sites (tertiary alicyclic amines) is 1. The minimum atomic E-state index is -0.908. The average molecular weight is 265 g/mol. The van der Waals surface area contributed by atoms with Crippen molar-refractivity contribution >= 4 is 5.97 Å². The lowest BCUT2D eigenvalue weighted by Gasteiger charge is -2.51. The van der Waals surface area contributed by atoms with E-state index >= 15 is 0 Å². The van der Waals surface area contributed by atoms with Crippen LogP contribution < -0.4 is 0 Å². The molecular formula is C14H19NO4. The second kappa shape index (κ2) is 4.65. The normalized spacial score (nSPS) is 25.6. The van der Waals surface area contributed by atoms with Gasteiger partial charge >= 0.3 is 5.97 Å². The summed E-state index contributed by atoms with van der Waals surface area (Å²) in [5.41, 5.74) is 0.978. The van der Waals surface area contributed by atoms with Crippen molar-refractivity contribution in [1.82, 2.24) is 4.90 Å². The maximum absolute atomic E-state index is 10.5. The van der Waals surface area contributed by atoms with E-state index < -0.39 is 5.97 Å². The molecule has 0 amide bonds. The third-order valence-corrected chi connectivity index (χ3v) is 4.08. The Labute approximate surface area is 112 Å². The molecule has 3 rings (SSSR count). The second-order valence-electron chi connectivity index (χ2n) is 5.74. The Hall–Kier alpha value is -1.33. The van der Waals surface area contributed by atoms with Gasteiger partial charge in [-0.1, -0.05) is 0 Å². The van der Waals surface area contributed by atoms with Crippen LogP contribution in [0.25, 0.3) is 0 Å². The zero-order valence-corrected chi connectivity index (χ0v) is 11.1. The number of hydrogen-bond donors (Lipinski definition) is 1. The number of hydrogen-bond acceptors (Lipinski definition) is 4. The number of aryl methyl sites for hydroxylation is 1. The van der Waals surface area contributed by atoms with Crippen LogP contribution in [0.3, 0.4) is 0 Å². The predicted octanol–water partition coefficient (Wildman–Crippen LogP) is 1.83. The first-order chi connectivity index (χ1) is 9.07. The molecule has 19 heavy (non-hydrogen) atoms. The fraction of sp³-hybridized carbons (Fsp3) is 0.643. The molecule has 5 heteroatoms. The molecule has 0 radical (unpaired) electrons. The van der Waals surface area contributed by atoms with Gasteiger partial charge in [-0.3, -0.25) is 4.90 Å². The van der Waals surface area contributed by atoms with Crippen molar-refractivity contribution in [3.05, 3.63) is 23.7 Å². The predicted molar refractivity (Wildman–Crippen MR) is 68.0 cm³/mol. The number of fused-ring (bicyclic) bond motifs is 1. The number of rotatable bonds is 4. The molecule has 1 fully saturated rings. The van der Waals surface area contributed by atoms with E-state index in [0.29, 0.717) is 6.04 Å². The van der Waals surface area contributed by atoms with Crippen LogP contribution in [0.2, 0.25) is 0 Å². The number of aliphatic carboxylic acids is 1. The molecule has 0 spiro atoms. The Kier molecular flexibility index (Phi) is 3.11. The lowest BCUT2D eigenvalue weighted by Crippen LogP contribution is -2.62. The highest BCUT2D eigenvalue weighted by Crippen LogP contribution is 2.40. The smallest absolute Gasteiger partial charge is 0.329 e. The molecule has 1 saturated heterocycles. The first kappa shape index (κ1) is 12.7. The fourth-order valence-corrected chi connectivity index (χ4v) is 3.20. The van der Waals surface area contributed by atoms with Crippen LogP contribution in [0, 0.1) is 0 Å². The molecule has 1 aliphatic heterocycles. The minimum absolute atomic E-state index is 0.216. The summed E-state index contributed by atoms with van der Waals surface area (Å²) in [6.45, 7) is 3.34. The van der Waals surface area contributed by atoms with E-state index in [1.54, 1.807) is 6.26 Å². The number of furan rings is 1. The van der Waals surface area contributed by atoms with E-state index in [1.807, 2.05) is 6.92 Å². The molecule has 1 aromatic heterocycles. The maximum atomic E-state index is 10.5.